The lowest BCUT2D eigenvalue weighted by Gasteiger charge is -2.40. The van der Waals surface area contributed by atoms with E-state index in [-0.39, 0.29) is 108 Å². The fourth-order valence-electron chi connectivity index (χ4n) is 12.3. The predicted molar refractivity (Wildman–Crippen MR) is 389 cm³/mol. The van der Waals surface area contributed by atoms with Gasteiger partial charge in [0.05, 0.1) is 80.6 Å². The lowest BCUT2D eigenvalue weighted by Crippen LogP contribution is -2.44. The van der Waals surface area contributed by atoms with Gasteiger partial charge >= 0.3 is 58.3 Å². The second-order valence-corrected chi connectivity index (χ2v) is 35.1. The minimum absolute atomic E-state index is 0.0107. The summed E-state index contributed by atoms with van der Waals surface area (Å²) in [6.07, 6.45) is -0.231. The maximum atomic E-state index is 20.1. The van der Waals surface area contributed by atoms with Crippen molar-refractivity contribution in [2.24, 2.45) is 0 Å². The molecule has 0 bridgehead atoms. The molecule has 0 aliphatic carbocycles. The number of carbonyl (C=O) groups is 5. The number of hydrogen-bond donors (Lipinski definition) is 0. The molecule has 0 radical (unpaired) electrons. The number of anilines is 1. The van der Waals surface area contributed by atoms with Gasteiger partial charge in [-0.25, -0.2) is 48.3 Å². The minimum Gasteiger partial charge on any atom is -0.465 e. The van der Waals surface area contributed by atoms with Crippen molar-refractivity contribution in [2.45, 2.75) is 274 Å². The highest BCUT2D eigenvalue weighted by molar-refractivity contribution is 6.65. The summed E-state index contributed by atoms with van der Waals surface area (Å²) in [6.45, 7) is 50.0. The van der Waals surface area contributed by atoms with Crippen molar-refractivity contribution in [2.75, 3.05) is 18.6 Å². The Labute approximate surface area is 606 Å². The Morgan fingerprint density at radius 1 is 0.417 bits per heavy atom. The number of hydrogen-bond acceptors (Lipinski definition) is 23. The number of nitrogens with zero attached hydrogens (tertiary/aromatic N) is 5. The third-order valence-electron chi connectivity index (χ3n) is 20.4. The van der Waals surface area contributed by atoms with E-state index in [9.17, 15) is 9.59 Å². The Bertz CT molecular complexity index is 4200. The van der Waals surface area contributed by atoms with E-state index in [2.05, 4.69) is 0 Å². The molecule has 0 spiro atoms. The van der Waals surface area contributed by atoms with Crippen molar-refractivity contribution in [1.29, 1.82) is 0 Å². The van der Waals surface area contributed by atoms with Gasteiger partial charge in [0.1, 0.15) is 51.1 Å². The summed E-state index contributed by atoms with van der Waals surface area (Å²) >= 11 is 0. The first-order chi connectivity index (χ1) is 46.9. The number of aromatic nitrogens is 4. The predicted octanol–water partition coefficient (Wildman–Crippen LogP) is 10.7. The molecule has 4 saturated heterocycles. The van der Waals surface area contributed by atoms with Crippen LogP contribution in [-0.4, -0.2) is 159 Å². The molecule has 4 fully saturated rings. The fraction of sp³-hybridized carbons (Fsp3) is 0.587. The summed E-state index contributed by atoms with van der Waals surface area (Å²) in [5.41, 5.74) is -13.5. The Kier molecular flexibility index (Phi) is 19.9. The first-order valence-electron chi connectivity index (χ1n) is 35.0. The molecule has 28 heteroatoms. The number of carbonyl (C=O) groups excluding carboxylic acids is 5. The first-order valence-corrected chi connectivity index (χ1v) is 35.0. The molecule has 552 valence electrons. The highest BCUT2D eigenvalue weighted by atomic mass is 19.1. The zero-order valence-electron chi connectivity index (χ0n) is 65.4. The maximum absolute atomic E-state index is 20.1. The van der Waals surface area contributed by atoms with Gasteiger partial charge in [-0.3, -0.25) is 0 Å². The van der Waals surface area contributed by atoms with Gasteiger partial charge in [-0.1, -0.05) is 24.3 Å². The van der Waals surface area contributed by atoms with Crippen LogP contribution in [0.2, 0.25) is 0 Å². The van der Waals surface area contributed by atoms with Crippen LogP contribution in [0.25, 0.3) is 22.5 Å². The van der Waals surface area contributed by atoms with Crippen LogP contribution in [0.3, 0.4) is 0 Å². The molecule has 5 aliphatic heterocycles. The normalized spacial score (nSPS) is 20.8. The lowest BCUT2D eigenvalue weighted by atomic mass is 9.75. The van der Waals surface area contributed by atoms with Crippen molar-refractivity contribution >= 4 is 86.0 Å². The number of fused-ring (bicyclic) bond motifs is 1. The van der Waals surface area contributed by atoms with Crippen LogP contribution in [0.5, 0.6) is 0 Å². The number of rotatable bonds is 13. The Morgan fingerprint density at radius 2 is 0.709 bits per heavy atom. The number of methoxy groups -OCH3 is 1. The average Bonchev–Trinajstić information content (AvgIpc) is 1.38. The fourth-order valence-corrected chi connectivity index (χ4v) is 12.3. The van der Waals surface area contributed by atoms with Gasteiger partial charge in [0, 0.05) is 45.1 Å². The van der Waals surface area contributed by atoms with Crippen LogP contribution in [0.15, 0.2) is 48.5 Å². The number of ether oxygens (including phenoxy) is 5. The van der Waals surface area contributed by atoms with E-state index >= 15 is 18.8 Å². The Hall–Kier alpha value is -7.16. The van der Waals surface area contributed by atoms with Crippen LogP contribution in [-0.2, 0) is 67.3 Å². The molecule has 0 saturated carbocycles. The molecule has 1 atom stereocenters. The molecule has 1 aromatic carbocycles. The smallest absolute Gasteiger partial charge is 0.465 e. The summed E-state index contributed by atoms with van der Waals surface area (Å²) in [5.74, 6) is -5.52. The molecule has 5 aliphatic rings. The summed E-state index contributed by atoms with van der Waals surface area (Å²) in [4.78, 5) is 98.4. The minimum atomic E-state index is -1.51. The topological polar surface area (TPSA) is 260 Å². The standard InChI is InChI=1S/C75H100B4FN5O18/c1-64(2,3)92-60(87)54-41(76-96-68(13,14)69(15,16)97-76)30-34-45(81-54)50-51(46-35-31-42(55(82-46)61(88)93-65(4,5)6)77-98-70(17,18)71(19,20)99-77)53(80)40-38-39-85(48-37-33-44(57(84-48)63(90)95-67(10,11)12)79-102-74(25,26)75(27,28)103-79)58(49(40)52(50)59(86)91-29)47-36-32-43(56(83-47)62(89)94-66(7,8)9)78-100-72(21,22)73(23,24)101-78/h30-37,58H,38-39H2,1-29H3. The molecule has 9 heterocycles. The average molecular weight is 1420 g/mol. The van der Waals surface area contributed by atoms with Crippen LogP contribution in [0.1, 0.15) is 269 Å². The van der Waals surface area contributed by atoms with Crippen molar-refractivity contribution in [3.63, 3.8) is 0 Å². The second kappa shape index (κ2) is 26.1. The van der Waals surface area contributed by atoms with Crippen LogP contribution in [0.4, 0.5) is 10.2 Å². The van der Waals surface area contributed by atoms with Crippen LogP contribution in [0, 0.1) is 5.82 Å². The Morgan fingerprint density at radius 3 is 1.03 bits per heavy atom. The Balaban J connectivity index is 1.36. The van der Waals surface area contributed by atoms with Crippen molar-refractivity contribution in [3.05, 3.63) is 99.5 Å². The van der Waals surface area contributed by atoms with Crippen molar-refractivity contribution in [1.82, 2.24) is 19.9 Å². The van der Waals surface area contributed by atoms with Crippen LogP contribution >= 0.6 is 0 Å². The molecule has 103 heavy (non-hydrogen) atoms. The largest absolute Gasteiger partial charge is 0.497 e. The van der Waals surface area contributed by atoms with Gasteiger partial charge < -0.3 is 65.8 Å². The van der Waals surface area contributed by atoms with Gasteiger partial charge in [-0.15, -0.1) is 0 Å². The first kappa shape index (κ1) is 78.4. The number of halogens is 1. The van der Waals surface area contributed by atoms with Gasteiger partial charge in [-0.2, -0.15) is 0 Å². The highest BCUT2D eigenvalue weighted by Gasteiger charge is 2.58. The van der Waals surface area contributed by atoms with Gasteiger partial charge in [0.25, 0.3) is 0 Å². The van der Waals surface area contributed by atoms with Gasteiger partial charge in [-0.05, 0) is 230 Å². The SMILES string of the molecule is COC(=O)c1c(-c2ccc(B3OC(C)(C)C(C)(C)O3)c(C(=O)OC(C)(C)C)n2)c(-c2ccc(B3OC(C)(C)C(C)(C)O3)c(C(=O)OC(C)(C)C)n2)c(F)c2c1C(c1ccc(B3OC(C)(C)C(C)(C)O3)c(C(=O)OC(C)(C)C)n1)N(c1ccc(B3OC(C)(C)C(C)(C)O3)c(C(=O)OC(C)(C)C)n1)CC2. The summed E-state index contributed by atoms with van der Waals surface area (Å²) in [6, 6.07) is 11.0. The third kappa shape index (κ3) is 15.2. The molecule has 23 nitrogen and oxygen atoms in total. The number of benzene rings is 1. The molecular weight excluding hydrogens is 1320 g/mol. The molecule has 0 N–H and O–H groups in total. The molecule has 0 amide bonds. The van der Waals surface area contributed by atoms with Gasteiger partial charge in [0.2, 0.25) is 0 Å². The van der Waals surface area contributed by atoms with E-state index in [4.69, 9.17) is 80.9 Å². The summed E-state index contributed by atoms with van der Waals surface area (Å²) < 4.78 is 103. The van der Waals surface area contributed by atoms with Gasteiger partial charge in [0.15, 0.2) is 5.69 Å². The molecule has 5 aromatic rings. The molecular formula is C75H100B4FN5O18. The lowest BCUT2D eigenvalue weighted by molar-refractivity contribution is 0.00514. The molecule has 10 rings (SSSR count). The van der Waals surface area contributed by atoms with E-state index in [1.165, 1.54) is 24.3 Å². The third-order valence-corrected chi connectivity index (χ3v) is 20.4. The van der Waals surface area contributed by atoms with Crippen molar-refractivity contribution < 1.29 is 89.3 Å². The summed E-state index contributed by atoms with van der Waals surface area (Å²) in [7, 11) is -3.56. The van der Waals surface area contributed by atoms with E-state index in [0.717, 1.165) is 7.11 Å². The van der Waals surface area contributed by atoms with Crippen LogP contribution < -0.4 is 26.8 Å². The number of pyridine rings is 4. The summed E-state index contributed by atoms with van der Waals surface area (Å²) in [5, 5.41) is 0. The maximum Gasteiger partial charge on any atom is 0.497 e. The van der Waals surface area contributed by atoms with Crippen molar-refractivity contribution in [3.8, 4) is 22.5 Å². The van der Waals surface area contributed by atoms with E-state index < -0.39 is 137 Å². The van der Waals surface area contributed by atoms with E-state index in [1.54, 1.807) is 112 Å². The van der Waals surface area contributed by atoms with E-state index in [0.29, 0.717) is 0 Å². The zero-order chi connectivity index (χ0) is 76.8. The van der Waals surface area contributed by atoms with E-state index in [1.807, 2.05) is 111 Å². The molecule has 4 aromatic heterocycles. The quantitative estimate of drug-likeness (QED) is 0.0602. The number of esters is 5. The highest BCUT2D eigenvalue weighted by Crippen LogP contribution is 2.50. The zero-order valence-corrected chi connectivity index (χ0v) is 65.4. The second-order valence-electron chi connectivity index (χ2n) is 35.1. The monoisotopic (exact) mass is 1420 g/mol. The molecule has 1 unspecified atom stereocenters.